The van der Waals surface area contributed by atoms with E-state index in [1.54, 1.807) is 0 Å². The van der Waals surface area contributed by atoms with Crippen molar-refractivity contribution in [3.05, 3.63) is 52.6 Å². The molecule has 1 aliphatic heterocycles. The van der Waals surface area contributed by atoms with Crippen LogP contribution in [-0.4, -0.2) is 21.7 Å². The Morgan fingerprint density at radius 3 is 2.75 bits per heavy atom. The van der Waals surface area contributed by atoms with Gasteiger partial charge in [0.1, 0.15) is 12.4 Å². The smallest absolute Gasteiger partial charge is 0.176 e. The lowest BCUT2D eigenvalue weighted by atomic mass is 9.85. The van der Waals surface area contributed by atoms with E-state index in [1.807, 2.05) is 24.3 Å². The molecule has 122 valence electrons. The number of benzene rings is 2. The molecule has 1 aliphatic carbocycles. The van der Waals surface area contributed by atoms with E-state index in [1.165, 1.54) is 0 Å². The molecule has 2 aliphatic rings. The summed E-state index contributed by atoms with van der Waals surface area (Å²) in [5, 5.41) is 0.312. The highest BCUT2D eigenvalue weighted by Crippen LogP contribution is 2.41. The Bertz CT molecular complexity index is 873. The second kappa shape index (κ2) is 6.12. The largest absolute Gasteiger partial charge is 0.488 e. The molecule has 0 N–H and O–H groups in total. The zero-order chi connectivity index (χ0) is 16.8. The minimum absolute atomic E-state index is 0.0583. The standard InChI is InChI=1S/C19H14Br2O3/c20-8-17(22)11-1-3-13-12(5-11)9-24-18-7-14-10(6-15(13)18)2-4-16(21)19(14)23/h1,3,5-7,16H,2,4,8-9H2/t16-/m0/s1. The van der Waals surface area contributed by atoms with E-state index in [-0.39, 0.29) is 16.4 Å². The summed E-state index contributed by atoms with van der Waals surface area (Å²) in [5.74, 6) is 0.936. The highest BCUT2D eigenvalue weighted by Gasteiger charge is 2.29. The second-order valence-electron chi connectivity index (χ2n) is 6.09. The van der Waals surface area contributed by atoms with E-state index in [0.29, 0.717) is 17.5 Å². The molecule has 2 aromatic carbocycles. The maximum Gasteiger partial charge on any atom is 0.176 e. The van der Waals surface area contributed by atoms with Gasteiger partial charge in [-0.15, -0.1) is 0 Å². The Kier molecular flexibility index (Phi) is 4.09. The van der Waals surface area contributed by atoms with Gasteiger partial charge >= 0.3 is 0 Å². The zero-order valence-electron chi connectivity index (χ0n) is 12.8. The van der Waals surface area contributed by atoms with Gasteiger partial charge in [0.25, 0.3) is 0 Å². The van der Waals surface area contributed by atoms with Crippen LogP contribution in [0.25, 0.3) is 11.1 Å². The molecule has 0 aromatic heterocycles. The Hall–Kier alpha value is -1.46. The van der Waals surface area contributed by atoms with Gasteiger partial charge in [0.15, 0.2) is 11.6 Å². The summed E-state index contributed by atoms with van der Waals surface area (Å²) >= 11 is 6.66. The highest BCUT2D eigenvalue weighted by atomic mass is 79.9. The van der Waals surface area contributed by atoms with Crippen LogP contribution in [-0.2, 0) is 13.0 Å². The number of hydrogen-bond acceptors (Lipinski definition) is 3. The van der Waals surface area contributed by atoms with Crippen LogP contribution in [0.1, 0.15) is 38.3 Å². The summed E-state index contributed by atoms with van der Waals surface area (Å²) in [6.45, 7) is 0.413. The van der Waals surface area contributed by atoms with E-state index < -0.39 is 0 Å². The number of Topliss-reactive ketones (excluding diaryl/α,β-unsaturated/α-hetero) is 2. The van der Waals surface area contributed by atoms with Gasteiger partial charge in [0, 0.05) is 16.7 Å². The second-order valence-corrected chi connectivity index (χ2v) is 7.76. The summed E-state index contributed by atoms with van der Waals surface area (Å²) < 4.78 is 5.88. The number of alkyl halides is 2. The molecule has 0 spiro atoms. The Balaban J connectivity index is 1.82. The van der Waals surface area contributed by atoms with Crippen LogP contribution < -0.4 is 4.74 Å². The Morgan fingerprint density at radius 2 is 1.96 bits per heavy atom. The van der Waals surface area contributed by atoms with E-state index in [9.17, 15) is 9.59 Å². The summed E-state index contributed by atoms with van der Waals surface area (Å²) in [6, 6.07) is 9.70. The fourth-order valence-electron chi connectivity index (χ4n) is 3.35. The van der Waals surface area contributed by atoms with Gasteiger partial charge in [-0.25, -0.2) is 0 Å². The third-order valence-electron chi connectivity index (χ3n) is 4.64. The van der Waals surface area contributed by atoms with E-state index in [2.05, 4.69) is 37.9 Å². The van der Waals surface area contributed by atoms with Crippen LogP contribution in [0.4, 0.5) is 0 Å². The Labute approximate surface area is 156 Å². The van der Waals surface area contributed by atoms with Crippen molar-refractivity contribution in [2.24, 2.45) is 0 Å². The number of fused-ring (bicyclic) bond motifs is 4. The first-order valence-corrected chi connectivity index (χ1v) is 9.82. The molecule has 5 heteroatoms. The van der Waals surface area contributed by atoms with Gasteiger partial charge in [-0.05, 0) is 47.7 Å². The SMILES string of the molecule is O=C(CBr)c1ccc2c(c1)COc1cc3c(cc1-2)CC[C@H](Br)C3=O. The molecule has 0 amide bonds. The molecule has 1 atom stereocenters. The monoisotopic (exact) mass is 448 g/mol. The van der Waals surface area contributed by atoms with Crippen molar-refractivity contribution < 1.29 is 14.3 Å². The van der Waals surface area contributed by atoms with Gasteiger partial charge in [0.05, 0.1) is 10.2 Å². The minimum Gasteiger partial charge on any atom is -0.488 e. The predicted octanol–water partition coefficient (Wildman–Crippen LogP) is 4.72. The maximum atomic E-state index is 12.4. The summed E-state index contributed by atoms with van der Waals surface area (Å²) in [7, 11) is 0. The zero-order valence-corrected chi connectivity index (χ0v) is 15.9. The van der Waals surface area contributed by atoms with Crippen LogP contribution in [0.2, 0.25) is 0 Å². The molecule has 4 rings (SSSR count). The Morgan fingerprint density at radius 1 is 1.12 bits per heavy atom. The number of aryl methyl sites for hydroxylation is 1. The topological polar surface area (TPSA) is 43.4 Å². The molecule has 0 radical (unpaired) electrons. The van der Waals surface area contributed by atoms with Crippen LogP contribution in [0, 0.1) is 0 Å². The molecule has 3 nitrogen and oxygen atoms in total. The molecule has 0 fully saturated rings. The van der Waals surface area contributed by atoms with Crippen LogP contribution in [0.5, 0.6) is 5.75 Å². The van der Waals surface area contributed by atoms with Crippen molar-refractivity contribution >= 4 is 43.4 Å². The number of hydrogen-bond donors (Lipinski definition) is 0. The van der Waals surface area contributed by atoms with Crippen LogP contribution >= 0.6 is 31.9 Å². The van der Waals surface area contributed by atoms with E-state index in [4.69, 9.17) is 4.74 Å². The van der Waals surface area contributed by atoms with Crippen LogP contribution in [0.15, 0.2) is 30.3 Å². The lowest BCUT2D eigenvalue weighted by Gasteiger charge is -2.26. The van der Waals surface area contributed by atoms with E-state index in [0.717, 1.165) is 46.4 Å². The molecule has 2 aromatic rings. The van der Waals surface area contributed by atoms with Crippen molar-refractivity contribution in [2.75, 3.05) is 5.33 Å². The van der Waals surface area contributed by atoms with Crippen molar-refractivity contribution in [3.63, 3.8) is 0 Å². The van der Waals surface area contributed by atoms with Crippen molar-refractivity contribution in [2.45, 2.75) is 24.3 Å². The number of ketones is 2. The van der Waals surface area contributed by atoms with Gasteiger partial charge in [0.2, 0.25) is 0 Å². The summed E-state index contributed by atoms with van der Waals surface area (Å²) in [4.78, 5) is 24.1. The third-order valence-corrected chi connectivity index (χ3v) is 6.03. The summed E-state index contributed by atoms with van der Waals surface area (Å²) in [6.07, 6.45) is 1.69. The van der Waals surface area contributed by atoms with Crippen LogP contribution in [0.3, 0.4) is 0 Å². The molecule has 1 heterocycles. The summed E-state index contributed by atoms with van der Waals surface area (Å²) in [5.41, 5.74) is 5.62. The molecule has 24 heavy (non-hydrogen) atoms. The number of rotatable bonds is 2. The maximum absolute atomic E-state index is 12.4. The normalized spacial score (nSPS) is 18.2. The third kappa shape index (κ3) is 2.54. The fourth-order valence-corrected chi connectivity index (χ4v) is 4.15. The quantitative estimate of drug-likeness (QED) is 0.492. The van der Waals surface area contributed by atoms with E-state index >= 15 is 0 Å². The fraction of sp³-hybridized carbons (Fsp3) is 0.263. The highest BCUT2D eigenvalue weighted by molar-refractivity contribution is 9.10. The lowest BCUT2D eigenvalue weighted by Crippen LogP contribution is -2.23. The lowest BCUT2D eigenvalue weighted by molar-refractivity contribution is 0.0979. The first kappa shape index (κ1) is 16.0. The number of carbonyl (C=O) groups is 2. The molecule has 0 saturated carbocycles. The minimum atomic E-state index is -0.100. The first-order chi connectivity index (χ1) is 11.6. The predicted molar refractivity (Wildman–Crippen MR) is 99.7 cm³/mol. The van der Waals surface area contributed by atoms with Crippen molar-refractivity contribution in [3.8, 4) is 16.9 Å². The molecular weight excluding hydrogens is 436 g/mol. The number of ether oxygens (including phenoxy) is 1. The van der Waals surface area contributed by atoms with Gasteiger partial charge in [-0.2, -0.15) is 0 Å². The van der Waals surface area contributed by atoms with Crippen molar-refractivity contribution in [1.82, 2.24) is 0 Å². The molecule has 0 saturated heterocycles. The van der Waals surface area contributed by atoms with Gasteiger partial charge < -0.3 is 4.74 Å². The molecular formula is C19H14Br2O3. The average Bonchev–Trinajstić information content (AvgIpc) is 2.62. The van der Waals surface area contributed by atoms with Gasteiger partial charge in [-0.1, -0.05) is 44.0 Å². The average molecular weight is 450 g/mol. The first-order valence-electron chi connectivity index (χ1n) is 7.79. The van der Waals surface area contributed by atoms with Gasteiger partial charge in [-0.3, -0.25) is 9.59 Å². The molecule has 0 unspecified atom stereocenters. The van der Waals surface area contributed by atoms with Crippen molar-refractivity contribution in [1.29, 1.82) is 0 Å². The number of carbonyl (C=O) groups excluding carboxylic acids is 2. The molecule has 0 bridgehead atoms. The number of halogens is 2.